The molecule has 0 radical (unpaired) electrons. The number of hydrogen-bond donors (Lipinski definition) is 0. The topological polar surface area (TPSA) is 95.8 Å². The number of rotatable bonds is 8. The number of anilines is 1. The zero-order chi connectivity index (χ0) is 24.2. The molecular formula is C23H24Cl2N4O5. The molecular weight excluding hydrogens is 483 g/mol. The van der Waals surface area contributed by atoms with Crippen molar-refractivity contribution in [2.45, 2.75) is 31.3 Å². The Labute approximate surface area is 206 Å². The van der Waals surface area contributed by atoms with Crippen LogP contribution in [-0.4, -0.2) is 66.0 Å². The Balaban J connectivity index is 1.75. The Hall–Kier alpha value is -2.88. The van der Waals surface area contributed by atoms with Crippen molar-refractivity contribution in [1.82, 2.24) is 14.5 Å². The van der Waals surface area contributed by atoms with E-state index in [0.29, 0.717) is 40.8 Å². The number of methoxy groups -OCH3 is 2. The highest BCUT2D eigenvalue weighted by atomic mass is 35.5. The van der Waals surface area contributed by atoms with Gasteiger partial charge in [-0.05, 0) is 31.4 Å². The summed E-state index contributed by atoms with van der Waals surface area (Å²) in [6.45, 7) is 0.190. The van der Waals surface area contributed by atoms with Crippen LogP contribution in [-0.2, 0) is 23.8 Å². The number of carbonyl (C=O) groups excluding carboxylic acids is 2. The lowest BCUT2D eigenvalue weighted by molar-refractivity contribution is -0.146. The van der Waals surface area contributed by atoms with Crippen molar-refractivity contribution in [2.24, 2.45) is 0 Å². The van der Waals surface area contributed by atoms with Gasteiger partial charge in [-0.2, -0.15) is 0 Å². The van der Waals surface area contributed by atoms with Crippen LogP contribution >= 0.6 is 23.2 Å². The van der Waals surface area contributed by atoms with E-state index in [9.17, 15) is 9.59 Å². The van der Waals surface area contributed by atoms with Crippen LogP contribution in [0.15, 0.2) is 36.9 Å². The van der Waals surface area contributed by atoms with Crippen LogP contribution in [0.5, 0.6) is 0 Å². The minimum absolute atomic E-state index is 0.0692. The fourth-order valence-corrected chi connectivity index (χ4v) is 4.62. The van der Waals surface area contributed by atoms with Gasteiger partial charge >= 0.3 is 11.9 Å². The number of fused-ring (bicyclic) bond motifs is 1. The summed E-state index contributed by atoms with van der Waals surface area (Å²) < 4.78 is 17.0. The van der Waals surface area contributed by atoms with Gasteiger partial charge in [-0.1, -0.05) is 23.2 Å². The number of pyridine rings is 1. The van der Waals surface area contributed by atoms with Gasteiger partial charge in [0.05, 0.1) is 41.8 Å². The largest absolute Gasteiger partial charge is 0.467 e. The van der Waals surface area contributed by atoms with Crippen molar-refractivity contribution in [3.8, 4) is 5.69 Å². The summed E-state index contributed by atoms with van der Waals surface area (Å²) in [6.07, 6.45) is 7.08. The van der Waals surface area contributed by atoms with Gasteiger partial charge in [0.1, 0.15) is 18.5 Å². The third-order valence-corrected chi connectivity index (χ3v) is 6.70. The number of imidazole rings is 1. The maximum Gasteiger partial charge on any atom is 0.331 e. The van der Waals surface area contributed by atoms with Gasteiger partial charge in [0.2, 0.25) is 0 Å². The van der Waals surface area contributed by atoms with E-state index >= 15 is 0 Å². The summed E-state index contributed by atoms with van der Waals surface area (Å²) in [7, 11) is 2.68. The monoisotopic (exact) mass is 506 g/mol. The van der Waals surface area contributed by atoms with E-state index in [1.165, 1.54) is 14.2 Å². The second-order valence-electron chi connectivity index (χ2n) is 7.82. The van der Waals surface area contributed by atoms with Gasteiger partial charge in [0.15, 0.2) is 0 Å². The van der Waals surface area contributed by atoms with Crippen molar-refractivity contribution in [1.29, 1.82) is 0 Å². The second kappa shape index (κ2) is 10.6. The fourth-order valence-electron chi connectivity index (χ4n) is 4.26. The average Bonchev–Trinajstić information content (AvgIpc) is 3.53. The standard InChI is InChI=1S/C23H24Cl2N4O5/c1-32-20(30)12-34-10-7-14-3-6-17(23(31)33-2)29(14)19-11-18(28-9-8-26-13-28)15-4-5-16(24)21(25)22(15)27-19/h4-5,8-9,11,13-14,17H,3,6-7,10,12H2,1-2H3/t14?,17-/m0/s1. The number of halogens is 2. The molecule has 3 aromatic rings. The predicted octanol–water partition coefficient (Wildman–Crippen LogP) is 3.82. The molecule has 11 heteroatoms. The van der Waals surface area contributed by atoms with Crippen molar-refractivity contribution >= 4 is 51.9 Å². The van der Waals surface area contributed by atoms with Crippen molar-refractivity contribution < 1.29 is 23.8 Å². The van der Waals surface area contributed by atoms with Gasteiger partial charge in [0.25, 0.3) is 0 Å². The Morgan fingerprint density at radius 3 is 2.71 bits per heavy atom. The molecule has 0 saturated carbocycles. The lowest BCUT2D eigenvalue weighted by atomic mass is 10.1. The molecule has 3 heterocycles. The fraction of sp³-hybridized carbons (Fsp3) is 0.391. The highest BCUT2D eigenvalue weighted by Gasteiger charge is 2.39. The Morgan fingerprint density at radius 1 is 1.18 bits per heavy atom. The molecule has 180 valence electrons. The second-order valence-corrected chi connectivity index (χ2v) is 8.61. The molecule has 1 fully saturated rings. The Kier molecular flexibility index (Phi) is 7.55. The number of nitrogens with zero attached hydrogens (tertiary/aromatic N) is 4. The van der Waals surface area contributed by atoms with E-state index in [1.54, 1.807) is 18.6 Å². The lowest BCUT2D eigenvalue weighted by Crippen LogP contribution is -2.42. The first-order chi connectivity index (χ1) is 16.4. The normalized spacial score (nSPS) is 17.8. The summed E-state index contributed by atoms with van der Waals surface area (Å²) in [5, 5.41) is 1.51. The van der Waals surface area contributed by atoms with Gasteiger partial charge in [-0.3, -0.25) is 0 Å². The van der Waals surface area contributed by atoms with Crippen LogP contribution in [0.25, 0.3) is 16.6 Å². The maximum atomic E-state index is 12.7. The third kappa shape index (κ3) is 4.82. The first-order valence-corrected chi connectivity index (χ1v) is 11.5. The minimum Gasteiger partial charge on any atom is -0.467 e. The van der Waals surface area contributed by atoms with E-state index in [0.717, 1.165) is 17.5 Å². The Bertz CT molecular complexity index is 1190. The summed E-state index contributed by atoms with van der Waals surface area (Å²) >= 11 is 12.8. The summed E-state index contributed by atoms with van der Waals surface area (Å²) in [6, 6.07) is 4.89. The molecule has 0 bridgehead atoms. The lowest BCUT2D eigenvalue weighted by Gasteiger charge is -2.31. The summed E-state index contributed by atoms with van der Waals surface area (Å²) in [4.78, 5) is 34.9. The number of hydrogen-bond acceptors (Lipinski definition) is 8. The quantitative estimate of drug-likeness (QED) is 0.336. The van der Waals surface area contributed by atoms with Crippen LogP contribution in [0, 0.1) is 0 Å². The molecule has 2 atom stereocenters. The predicted molar refractivity (Wildman–Crippen MR) is 128 cm³/mol. The molecule has 0 spiro atoms. The maximum absolute atomic E-state index is 12.7. The molecule has 4 rings (SSSR count). The van der Waals surface area contributed by atoms with Crippen LogP contribution in [0.1, 0.15) is 19.3 Å². The molecule has 1 saturated heterocycles. The molecule has 0 N–H and O–H groups in total. The zero-order valence-electron chi connectivity index (χ0n) is 18.7. The number of aromatic nitrogens is 3. The van der Waals surface area contributed by atoms with Crippen LogP contribution in [0.2, 0.25) is 10.0 Å². The molecule has 1 aliphatic rings. The molecule has 0 amide bonds. The van der Waals surface area contributed by atoms with E-state index in [1.807, 2.05) is 27.8 Å². The first kappa shape index (κ1) is 24.3. The number of esters is 2. The average molecular weight is 507 g/mol. The van der Waals surface area contributed by atoms with Crippen molar-refractivity contribution in [2.75, 3.05) is 32.3 Å². The molecule has 2 aromatic heterocycles. The van der Waals surface area contributed by atoms with E-state index in [4.69, 9.17) is 37.7 Å². The van der Waals surface area contributed by atoms with Gasteiger partial charge in [-0.15, -0.1) is 0 Å². The van der Waals surface area contributed by atoms with E-state index in [-0.39, 0.29) is 18.6 Å². The molecule has 34 heavy (non-hydrogen) atoms. The number of benzene rings is 1. The number of ether oxygens (including phenoxy) is 3. The van der Waals surface area contributed by atoms with E-state index in [2.05, 4.69) is 9.72 Å². The Morgan fingerprint density at radius 2 is 2.00 bits per heavy atom. The van der Waals surface area contributed by atoms with Crippen LogP contribution < -0.4 is 4.90 Å². The van der Waals surface area contributed by atoms with Gasteiger partial charge in [0, 0.05) is 36.5 Å². The zero-order valence-corrected chi connectivity index (χ0v) is 20.3. The third-order valence-electron chi connectivity index (χ3n) is 5.90. The van der Waals surface area contributed by atoms with Gasteiger partial charge < -0.3 is 23.7 Å². The SMILES string of the molecule is COC(=O)COCCC1CC[C@@H](C(=O)OC)N1c1cc(-n2ccnc2)c2ccc(Cl)c(Cl)c2n1. The molecule has 0 aliphatic carbocycles. The van der Waals surface area contributed by atoms with Crippen molar-refractivity contribution in [3.63, 3.8) is 0 Å². The van der Waals surface area contributed by atoms with Crippen LogP contribution in [0.4, 0.5) is 5.82 Å². The van der Waals surface area contributed by atoms with E-state index < -0.39 is 12.0 Å². The first-order valence-electron chi connectivity index (χ1n) is 10.7. The van der Waals surface area contributed by atoms with Gasteiger partial charge in [-0.25, -0.2) is 19.6 Å². The number of carbonyl (C=O) groups is 2. The van der Waals surface area contributed by atoms with Crippen molar-refractivity contribution in [3.05, 3.63) is 47.0 Å². The highest BCUT2D eigenvalue weighted by Crippen LogP contribution is 2.38. The molecule has 1 aliphatic heterocycles. The molecule has 9 nitrogen and oxygen atoms in total. The minimum atomic E-state index is -0.519. The molecule has 1 aromatic carbocycles. The molecule has 1 unspecified atom stereocenters. The van der Waals surface area contributed by atoms with Crippen LogP contribution in [0.3, 0.4) is 0 Å². The summed E-state index contributed by atoms with van der Waals surface area (Å²) in [5.41, 5.74) is 1.32. The summed E-state index contributed by atoms with van der Waals surface area (Å²) in [5.74, 6) is -0.226. The highest BCUT2D eigenvalue weighted by molar-refractivity contribution is 6.45. The smallest absolute Gasteiger partial charge is 0.331 e.